The molecule has 4 heteroatoms. The number of rotatable bonds is 0. The van der Waals surface area contributed by atoms with Crippen LogP contribution in [0.25, 0.3) is 0 Å². The molecule has 0 aliphatic heterocycles. The number of aliphatic hydroxyl groups excluding tert-OH is 4. The van der Waals surface area contributed by atoms with E-state index in [9.17, 15) is 20.4 Å². The number of allylic oxidation sites excluding steroid dienone is 1. The third-order valence-electron chi connectivity index (χ3n) is 7.30. The molecule has 3 rings (SSSR count). The van der Waals surface area contributed by atoms with Crippen molar-refractivity contribution in [3.63, 3.8) is 0 Å². The van der Waals surface area contributed by atoms with E-state index < -0.39 is 29.8 Å². The normalized spacial score (nSPS) is 50.0. The molecule has 1 saturated carbocycles. The summed E-state index contributed by atoms with van der Waals surface area (Å²) in [5.41, 5.74) is 2.33. The Morgan fingerprint density at radius 1 is 1.08 bits per heavy atom. The molecule has 0 unspecified atom stereocenters. The van der Waals surface area contributed by atoms with Crippen molar-refractivity contribution in [3.8, 4) is 0 Å². The molecule has 0 radical (unpaired) electrons. The summed E-state index contributed by atoms with van der Waals surface area (Å²) < 4.78 is 0. The number of hydrogen-bond acceptors (Lipinski definition) is 4. The van der Waals surface area contributed by atoms with Gasteiger partial charge in [-0.05, 0) is 67.9 Å². The molecule has 2 bridgehead atoms. The van der Waals surface area contributed by atoms with Gasteiger partial charge in [-0.3, -0.25) is 0 Å². The molecular formula is C20H32O4. The maximum Gasteiger partial charge on any atom is 0.102 e. The van der Waals surface area contributed by atoms with E-state index >= 15 is 0 Å². The van der Waals surface area contributed by atoms with Crippen LogP contribution >= 0.6 is 0 Å². The standard InChI is InChI=1S/C20H32O4/c1-10-5-6-15(21)11(2)13-7-8-20(4)17(13)12(3)14(9-16(10)22)18(23)19(20)24/h10,13,15-19,21-24H,2,5-9H2,1,3-4H3/t10-,13-,15+,16-,17+,18+,19-,20-/m0/s1. The topological polar surface area (TPSA) is 80.9 Å². The molecule has 0 heterocycles. The lowest BCUT2D eigenvalue weighted by molar-refractivity contribution is -0.0723. The molecule has 4 N–H and O–H groups in total. The highest BCUT2D eigenvalue weighted by atomic mass is 16.3. The first-order valence-corrected chi connectivity index (χ1v) is 9.29. The van der Waals surface area contributed by atoms with Crippen molar-refractivity contribution in [2.24, 2.45) is 23.2 Å². The fourth-order valence-electron chi connectivity index (χ4n) is 5.51. The average molecular weight is 336 g/mol. The third kappa shape index (κ3) is 2.59. The van der Waals surface area contributed by atoms with E-state index in [-0.39, 0.29) is 17.8 Å². The van der Waals surface area contributed by atoms with Gasteiger partial charge in [0, 0.05) is 5.41 Å². The van der Waals surface area contributed by atoms with E-state index in [4.69, 9.17) is 0 Å². The van der Waals surface area contributed by atoms with E-state index in [1.54, 1.807) is 0 Å². The summed E-state index contributed by atoms with van der Waals surface area (Å²) in [6.07, 6.45) is 0.541. The molecule has 0 aromatic carbocycles. The number of hydrogen-bond donors (Lipinski definition) is 4. The van der Waals surface area contributed by atoms with Gasteiger partial charge in [0.2, 0.25) is 0 Å². The molecular weight excluding hydrogens is 304 g/mol. The summed E-state index contributed by atoms with van der Waals surface area (Å²) in [4.78, 5) is 0. The van der Waals surface area contributed by atoms with Crippen molar-refractivity contribution >= 4 is 0 Å². The summed E-state index contributed by atoms with van der Waals surface area (Å²) in [6.45, 7) is 10.3. The maximum atomic E-state index is 10.8. The molecule has 0 saturated heterocycles. The van der Waals surface area contributed by atoms with Crippen molar-refractivity contribution in [3.05, 3.63) is 23.3 Å². The minimum absolute atomic E-state index is 0.0309. The largest absolute Gasteiger partial charge is 0.393 e. The minimum atomic E-state index is -0.911. The van der Waals surface area contributed by atoms with Crippen molar-refractivity contribution in [1.82, 2.24) is 0 Å². The summed E-state index contributed by atoms with van der Waals surface area (Å²) in [6, 6.07) is 0. The predicted octanol–water partition coefficient (Wildman–Crippen LogP) is 2.17. The monoisotopic (exact) mass is 336 g/mol. The lowest BCUT2D eigenvalue weighted by atomic mass is 9.61. The second-order valence-electron chi connectivity index (χ2n) is 8.64. The second kappa shape index (κ2) is 6.24. The summed E-state index contributed by atoms with van der Waals surface area (Å²) >= 11 is 0. The van der Waals surface area contributed by atoms with Crippen molar-refractivity contribution < 1.29 is 20.4 Å². The molecule has 0 aromatic heterocycles. The fraction of sp³-hybridized carbons (Fsp3) is 0.800. The smallest absolute Gasteiger partial charge is 0.102 e. The van der Waals surface area contributed by atoms with Gasteiger partial charge in [-0.1, -0.05) is 26.0 Å². The van der Waals surface area contributed by atoms with Gasteiger partial charge in [0.1, 0.15) is 6.10 Å². The number of aliphatic hydroxyl groups is 4. The van der Waals surface area contributed by atoms with Crippen LogP contribution in [-0.4, -0.2) is 44.8 Å². The summed E-state index contributed by atoms with van der Waals surface area (Å²) in [5, 5.41) is 42.7. The van der Waals surface area contributed by atoms with Crippen molar-refractivity contribution in [1.29, 1.82) is 0 Å². The van der Waals surface area contributed by atoms with E-state index in [1.165, 1.54) is 0 Å². The highest BCUT2D eigenvalue weighted by molar-refractivity contribution is 5.34. The van der Waals surface area contributed by atoms with E-state index in [1.807, 2.05) is 20.8 Å². The van der Waals surface area contributed by atoms with Crippen molar-refractivity contribution in [2.75, 3.05) is 0 Å². The zero-order chi connectivity index (χ0) is 17.8. The first kappa shape index (κ1) is 18.1. The Bertz CT molecular complexity index is 554. The van der Waals surface area contributed by atoms with Gasteiger partial charge >= 0.3 is 0 Å². The Balaban J connectivity index is 2.11. The Morgan fingerprint density at radius 3 is 2.42 bits per heavy atom. The molecule has 4 nitrogen and oxygen atoms in total. The Hall–Kier alpha value is -0.680. The first-order chi connectivity index (χ1) is 11.2. The van der Waals surface area contributed by atoms with Crippen LogP contribution in [0.1, 0.15) is 52.9 Å². The second-order valence-corrected chi connectivity index (χ2v) is 8.64. The minimum Gasteiger partial charge on any atom is -0.393 e. The van der Waals surface area contributed by atoms with Crippen LogP contribution in [0.4, 0.5) is 0 Å². The quantitative estimate of drug-likeness (QED) is 0.511. The van der Waals surface area contributed by atoms with Crippen molar-refractivity contribution in [2.45, 2.75) is 77.3 Å². The highest BCUT2D eigenvalue weighted by Gasteiger charge is 2.56. The summed E-state index contributed by atoms with van der Waals surface area (Å²) in [5.74, 6) is 0.240. The van der Waals surface area contributed by atoms with Gasteiger partial charge in [-0.25, -0.2) is 0 Å². The molecule has 3 aliphatic carbocycles. The molecule has 8 atom stereocenters. The zero-order valence-corrected chi connectivity index (χ0v) is 15.1. The SMILES string of the molecule is C=C1[C@H](O)CC[C@H](C)[C@@H](O)CC2=C(C)[C@@H]3[C@H]1CC[C@]3(C)[C@@H](O)[C@@H]2O. The van der Waals surface area contributed by atoms with Gasteiger partial charge in [0.15, 0.2) is 0 Å². The van der Waals surface area contributed by atoms with Crippen LogP contribution in [0.2, 0.25) is 0 Å². The molecule has 136 valence electrons. The average Bonchev–Trinajstić information content (AvgIpc) is 2.91. The highest BCUT2D eigenvalue weighted by Crippen LogP contribution is 2.59. The molecule has 3 aliphatic rings. The Kier molecular flexibility index (Phi) is 4.71. The maximum absolute atomic E-state index is 10.8. The zero-order valence-electron chi connectivity index (χ0n) is 15.1. The lowest BCUT2D eigenvalue weighted by Gasteiger charge is -2.47. The fourth-order valence-corrected chi connectivity index (χ4v) is 5.51. The Labute approximate surface area is 144 Å². The third-order valence-corrected chi connectivity index (χ3v) is 7.30. The van der Waals surface area contributed by atoms with E-state index in [0.717, 1.165) is 36.0 Å². The molecule has 24 heavy (non-hydrogen) atoms. The molecule has 0 amide bonds. The Morgan fingerprint density at radius 2 is 1.75 bits per heavy atom. The lowest BCUT2D eigenvalue weighted by Crippen LogP contribution is -2.50. The predicted molar refractivity (Wildman–Crippen MR) is 93.2 cm³/mol. The van der Waals surface area contributed by atoms with Gasteiger partial charge in [0.25, 0.3) is 0 Å². The summed E-state index contributed by atoms with van der Waals surface area (Å²) in [7, 11) is 0. The van der Waals surface area contributed by atoms with E-state index in [0.29, 0.717) is 12.8 Å². The van der Waals surface area contributed by atoms with Crippen LogP contribution in [0.15, 0.2) is 23.3 Å². The van der Waals surface area contributed by atoms with Crippen LogP contribution in [0.5, 0.6) is 0 Å². The molecule has 0 aromatic rings. The van der Waals surface area contributed by atoms with Gasteiger partial charge < -0.3 is 20.4 Å². The molecule has 1 fully saturated rings. The van der Waals surface area contributed by atoms with Gasteiger partial charge in [-0.2, -0.15) is 0 Å². The van der Waals surface area contributed by atoms with Crippen LogP contribution < -0.4 is 0 Å². The molecule has 0 spiro atoms. The van der Waals surface area contributed by atoms with Gasteiger partial charge in [0.05, 0.1) is 18.3 Å². The van der Waals surface area contributed by atoms with Crippen LogP contribution in [-0.2, 0) is 0 Å². The van der Waals surface area contributed by atoms with Crippen LogP contribution in [0.3, 0.4) is 0 Å². The van der Waals surface area contributed by atoms with Gasteiger partial charge in [-0.15, -0.1) is 0 Å². The van der Waals surface area contributed by atoms with Crippen LogP contribution in [0, 0.1) is 23.2 Å². The first-order valence-electron chi connectivity index (χ1n) is 9.29. The van der Waals surface area contributed by atoms with E-state index in [2.05, 4.69) is 6.58 Å².